The molecule has 7 nitrogen and oxygen atoms in total. The zero-order valence-corrected chi connectivity index (χ0v) is 16.1. The van der Waals surface area contributed by atoms with Gasteiger partial charge in [0.25, 0.3) is 0 Å². The molecular formula is C22H22N2O5. The second-order valence-electron chi connectivity index (χ2n) is 6.28. The first kappa shape index (κ1) is 20.1. The number of rotatable bonds is 8. The maximum Gasteiger partial charge on any atom is 0.508 e. The van der Waals surface area contributed by atoms with E-state index in [0.29, 0.717) is 5.69 Å². The molecule has 150 valence electrons. The van der Waals surface area contributed by atoms with E-state index in [1.165, 1.54) is 6.20 Å². The highest BCUT2D eigenvalue weighted by atomic mass is 16.7. The Morgan fingerprint density at radius 1 is 0.931 bits per heavy atom. The van der Waals surface area contributed by atoms with Gasteiger partial charge in [-0.25, -0.2) is 14.6 Å². The van der Waals surface area contributed by atoms with E-state index in [1.807, 2.05) is 67.6 Å². The Hall–Kier alpha value is -3.61. The van der Waals surface area contributed by atoms with Crippen LogP contribution in [-0.2, 0) is 20.8 Å². The molecule has 3 aromatic rings. The number of aromatic nitrogens is 2. The van der Waals surface area contributed by atoms with E-state index >= 15 is 0 Å². The van der Waals surface area contributed by atoms with Crippen molar-refractivity contribution in [3.63, 3.8) is 0 Å². The molecule has 0 fully saturated rings. The number of benzene rings is 2. The number of nitrogens with zero attached hydrogens (tertiary/aromatic N) is 2. The average Bonchev–Trinajstić information content (AvgIpc) is 3.26. The Morgan fingerprint density at radius 2 is 1.59 bits per heavy atom. The van der Waals surface area contributed by atoms with Crippen molar-refractivity contribution in [1.82, 2.24) is 9.55 Å². The van der Waals surface area contributed by atoms with E-state index in [9.17, 15) is 9.59 Å². The molecule has 2 aromatic carbocycles. The van der Waals surface area contributed by atoms with E-state index < -0.39 is 12.1 Å². The Balaban J connectivity index is 1.43. The number of carbonyl (C=O) groups excluding carboxylic acids is 2. The summed E-state index contributed by atoms with van der Waals surface area (Å²) in [5, 5.41) is 0. The van der Waals surface area contributed by atoms with Gasteiger partial charge in [-0.05, 0) is 18.1 Å². The molecule has 1 aromatic heterocycles. The third-order valence-electron chi connectivity index (χ3n) is 4.31. The predicted molar refractivity (Wildman–Crippen MR) is 105 cm³/mol. The minimum atomic E-state index is -0.812. The first-order valence-electron chi connectivity index (χ1n) is 9.22. The van der Waals surface area contributed by atoms with Gasteiger partial charge in [0.05, 0.1) is 18.6 Å². The lowest BCUT2D eigenvalue weighted by molar-refractivity contribution is 0.0199. The van der Waals surface area contributed by atoms with Crippen molar-refractivity contribution in [2.75, 3.05) is 13.2 Å². The van der Waals surface area contributed by atoms with Crippen LogP contribution in [0.4, 0.5) is 4.79 Å². The summed E-state index contributed by atoms with van der Waals surface area (Å²) in [4.78, 5) is 28.0. The van der Waals surface area contributed by atoms with Crippen LogP contribution in [0.15, 0.2) is 73.2 Å². The van der Waals surface area contributed by atoms with Crippen LogP contribution < -0.4 is 0 Å². The molecule has 0 amide bonds. The van der Waals surface area contributed by atoms with Gasteiger partial charge < -0.3 is 18.8 Å². The zero-order chi connectivity index (χ0) is 20.5. The van der Waals surface area contributed by atoms with Gasteiger partial charge in [0, 0.05) is 0 Å². The first-order chi connectivity index (χ1) is 14.1. The quantitative estimate of drug-likeness (QED) is 0.424. The molecular weight excluding hydrogens is 372 g/mol. The molecule has 0 saturated carbocycles. The van der Waals surface area contributed by atoms with Crippen molar-refractivity contribution >= 4 is 12.1 Å². The number of ether oxygens (including phenoxy) is 3. The molecule has 1 atom stereocenters. The highest BCUT2D eigenvalue weighted by Crippen LogP contribution is 2.19. The summed E-state index contributed by atoms with van der Waals surface area (Å²) in [6, 6.07) is 19.0. The standard InChI is InChI=1S/C22H22N2O5/c1-17(19-10-6-3-7-11-19)24-16-23-14-20(24)21(25)27-12-13-28-22(26)29-15-18-8-4-2-5-9-18/h2-11,14,16-17H,12-13,15H2,1H3/t17-/m1/s1. The molecule has 0 saturated heterocycles. The van der Waals surface area contributed by atoms with E-state index in [-0.39, 0.29) is 25.9 Å². The minimum absolute atomic E-state index is 0.0783. The van der Waals surface area contributed by atoms with Crippen LogP contribution in [0.5, 0.6) is 0 Å². The summed E-state index contributed by atoms with van der Waals surface area (Å²) >= 11 is 0. The summed E-state index contributed by atoms with van der Waals surface area (Å²) in [7, 11) is 0. The van der Waals surface area contributed by atoms with Crippen molar-refractivity contribution < 1.29 is 23.8 Å². The first-order valence-corrected chi connectivity index (χ1v) is 9.22. The molecule has 0 aliphatic heterocycles. The van der Waals surface area contributed by atoms with Crippen LogP contribution in [0, 0.1) is 0 Å². The molecule has 0 spiro atoms. The fourth-order valence-corrected chi connectivity index (χ4v) is 2.75. The molecule has 0 N–H and O–H groups in total. The summed E-state index contributed by atoms with van der Waals surface area (Å²) in [6.45, 7) is 1.92. The second kappa shape index (κ2) is 10.1. The van der Waals surface area contributed by atoms with Gasteiger partial charge in [0.1, 0.15) is 25.5 Å². The molecule has 0 bridgehead atoms. The fourth-order valence-electron chi connectivity index (χ4n) is 2.75. The minimum Gasteiger partial charge on any atom is -0.457 e. The number of hydrogen-bond donors (Lipinski definition) is 0. The van der Waals surface area contributed by atoms with Gasteiger partial charge in [-0.3, -0.25) is 0 Å². The smallest absolute Gasteiger partial charge is 0.457 e. The van der Waals surface area contributed by atoms with Crippen molar-refractivity contribution in [2.45, 2.75) is 19.6 Å². The van der Waals surface area contributed by atoms with Crippen LogP contribution >= 0.6 is 0 Å². The third-order valence-corrected chi connectivity index (χ3v) is 4.31. The highest BCUT2D eigenvalue weighted by Gasteiger charge is 2.18. The highest BCUT2D eigenvalue weighted by molar-refractivity contribution is 5.87. The van der Waals surface area contributed by atoms with Gasteiger partial charge in [-0.2, -0.15) is 0 Å². The number of carbonyl (C=O) groups is 2. The molecule has 0 aliphatic carbocycles. The number of imidazole rings is 1. The van der Waals surface area contributed by atoms with Crippen LogP contribution in [-0.4, -0.2) is 34.9 Å². The third kappa shape index (κ3) is 5.68. The largest absolute Gasteiger partial charge is 0.508 e. The summed E-state index contributed by atoms with van der Waals surface area (Å²) in [6.07, 6.45) is 2.23. The van der Waals surface area contributed by atoms with Gasteiger partial charge in [0.2, 0.25) is 0 Å². The summed E-state index contributed by atoms with van der Waals surface area (Å²) in [5.74, 6) is -0.536. The van der Waals surface area contributed by atoms with E-state index in [4.69, 9.17) is 14.2 Å². The molecule has 1 heterocycles. The van der Waals surface area contributed by atoms with Gasteiger partial charge >= 0.3 is 12.1 Å². The van der Waals surface area contributed by atoms with E-state index in [1.54, 1.807) is 10.9 Å². The Kier molecular flexibility index (Phi) is 7.00. The Bertz CT molecular complexity index is 925. The maximum absolute atomic E-state index is 12.4. The van der Waals surface area contributed by atoms with Crippen molar-refractivity contribution in [3.05, 3.63) is 90.0 Å². The monoisotopic (exact) mass is 394 g/mol. The van der Waals surface area contributed by atoms with Crippen LogP contribution in [0.1, 0.15) is 34.6 Å². The van der Waals surface area contributed by atoms with E-state index in [0.717, 1.165) is 11.1 Å². The van der Waals surface area contributed by atoms with Crippen LogP contribution in [0.2, 0.25) is 0 Å². The summed E-state index contributed by atoms with van der Waals surface area (Å²) < 4.78 is 16.8. The van der Waals surface area contributed by atoms with Crippen molar-refractivity contribution in [2.24, 2.45) is 0 Å². The lowest BCUT2D eigenvalue weighted by Crippen LogP contribution is -2.18. The van der Waals surface area contributed by atoms with Crippen LogP contribution in [0.3, 0.4) is 0 Å². The normalized spacial score (nSPS) is 11.5. The lowest BCUT2D eigenvalue weighted by Gasteiger charge is -2.16. The predicted octanol–water partition coefficient (Wildman–Crippen LogP) is 4.00. The molecule has 0 unspecified atom stereocenters. The molecule has 29 heavy (non-hydrogen) atoms. The maximum atomic E-state index is 12.4. The van der Waals surface area contributed by atoms with Gasteiger partial charge in [0.15, 0.2) is 0 Å². The van der Waals surface area contributed by atoms with E-state index in [2.05, 4.69) is 4.98 Å². The van der Waals surface area contributed by atoms with Crippen LogP contribution in [0.25, 0.3) is 0 Å². The fraction of sp³-hybridized carbons (Fsp3) is 0.227. The number of esters is 1. The zero-order valence-electron chi connectivity index (χ0n) is 16.1. The Morgan fingerprint density at radius 3 is 2.31 bits per heavy atom. The van der Waals surface area contributed by atoms with Gasteiger partial charge in [-0.15, -0.1) is 0 Å². The second-order valence-corrected chi connectivity index (χ2v) is 6.28. The molecule has 7 heteroatoms. The lowest BCUT2D eigenvalue weighted by atomic mass is 10.1. The molecule has 3 rings (SSSR count). The van der Waals surface area contributed by atoms with Crippen molar-refractivity contribution in [1.29, 1.82) is 0 Å². The number of hydrogen-bond acceptors (Lipinski definition) is 6. The Labute approximate surface area is 168 Å². The average molecular weight is 394 g/mol. The SMILES string of the molecule is C[C@H](c1ccccc1)n1cncc1C(=O)OCCOC(=O)OCc1ccccc1. The molecule has 0 aliphatic rings. The topological polar surface area (TPSA) is 79.7 Å². The van der Waals surface area contributed by atoms with Gasteiger partial charge in [-0.1, -0.05) is 60.7 Å². The molecule has 0 radical (unpaired) electrons. The summed E-state index contributed by atoms with van der Waals surface area (Å²) in [5.41, 5.74) is 2.23. The van der Waals surface area contributed by atoms with Crippen molar-refractivity contribution in [3.8, 4) is 0 Å².